The average Bonchev–Trinajstić information content (AvgIpc) is 3.29. The minimum absolute atomic E-state index is 0.0593. The molecule has 2 heterocycles. The maximum absolute atomic E-state index is 12.4. The van der Waals surface area contributed by atoms with Crippen molar-refractivity contribution in [1.29, 1.82) is 0 Å². The van der Waals surface area contributed by atoms with Crippen LogP contribution >= 0.6 is 0 Å². The first kappa shape index (κ1) is 17.8. The van der Waals surface area contributed by atoms with Gasteiger partial charge < -0.3 is 10.3 Å². The molecule has 4 heteroatoms. The van der Waals surface area contributed by atoms with Gasteiger partial charge in [-0.15, -0.1) is 0 Å². The highest BCUT2D eigenvalue weighted by Crippen LogP contribution is 2.22. The van der Waals surface area contributed by atoms with E-state index < -0.39 is 0 Å². The number of benzene rings is 2. The maximum atomic E-state index is 12.4. The van der Waals surface area contributed by atoms with Gasteiger partial charge in [-0.2, -0.15) is 0 Å². The van der Waals surface area contributed by atoms with E-state index in [1.54, 1.807) is 0 Å². The smallest absolute Gasteiger partial charge is 0.224 e. The second-order valence-corrected chi connectivity index (χ2v) is 7.53. The summed E-state index contributed by atoms with van der Waals surface area (Å²) in [6, 6.07) is 16.8. The Kier molecular flexibility index (Phi) is 5.26. The monoisotopic (exact) mass is 361 g/mol. The van der Waals surface area contributed by atoms with E-state index in [2.05, 4.69) is 45.5 Å². The summed E-state index contributed by atoms with van der Waals surface area (Å²) >= 11 is 0. The normalized spacial score (nSPS) is 14.7. The van der Waals surface area contributed by atoms with Gasteiger partial charge in [0.1, 0.15) is 0 Å². The van der Waals surface area contributed by atoms with E-state index in [0.717, 1.165) is 34.3 Å². The predicted molar refractivity (Wildman–Crippen MR) is 110 cm³/mol. The molecule has 27 heavy (non-hydrogen) atoms. The van der Waals surface area contributed by atoms with Gasteiger partial charge in [-0.25, -0.2) is 0 Å². The number of amides is 1. The molecule has 1 aliphatic rings. The Morgan fingerprint density at radius 2 is 1.74 bits per heavy atom. The molecule has 4 rings (SSSR count). The molecule has 0 aliphatic carbocycles. The minimum atomic E-state index is 0.0593. The Morgan fingerprint density at radius 1 is 1.04 bits per heavy atom. The van der Waals surface area contributed by atoms with Crippen LogP contribution in [0.4, 0.5) is 0 Å². The Labute approximate surface area is 160 Å². The molecule has 0 radical (unpaired) electrons. The van der Waals surface area contributed by atoms with Crippen molar-refractivity contribution >= 4 is 16.8 Å². The van der Waals surface area contributed by atoms with Crippen LogP contribution in [-0.2, 0) is 24.3 Å². The summed E-state index contributed by atoms with van der Waals surface area (Å²) in [6.45, 7) is 6.06. The fraction of sp³-hybridized carbons (Fsp3) is 0.348. The van der Waals surface area contributed by atoms with Gasteiger partial charge in [-0.05, 0) is 55.6 Å². The van der Waals surface area contributed by atoms with Crippen LogP contribution in [0.2, 0.25) is 0 Å². The van der Waals surface area contributed by atoms with E-state index in [-0.39, 0.29) is 5.91 Å². The molecule has 0 atom stereocenters. The van der Waals surface area contributed by atoms with Crippen molar-refractivity contribution in [1.82, 2.24) is 15.2 Å². The molecule has 1 amide bonds. The summed E-state index contributed by atoms with van der Waals surface area (Å²) < 4.78 is 0. The third-order valence-electron chi connectivity index (χ3n) is 5.48. The van der Waals surface area contributed by atoms with Gasteiger partial charge in [0.25, 0.3) is 0 Å². The summed E-state index contributed by atoms with van der Waals surface area (Å²) in [5.41, 5.74) is 5.73. The minimum Gasteiger partial charge on any atom is -0.358 e. The number of nitrogens with zero attached hydrogens (tertiary/aromatic N) is 1. The zero-order chi connectivity index (χ0) is 18.6. The van der Waals surface area contributed by atoms with Crippen molar-refractivity contribution < 1.29 is 4.79 Å². The Bertz CT molecular complexity index is 920. The van der Waals surface area contributed by atoms with Crippen molar-refractivity contribution in [2.45, 2.75) is 39.3 Å². The van der Waals surface area contributed by atoms with Gasteiger partial charge in [0.05, 0.1) is 6.42 Å². The van der Waals surface area contributed by atoms with E-state index >= 15 is 0 Å². The highest BCUT2D eigenvalue weighted by Gasteiger charge is 2.13. The molecule has 140 valence electrons. The molecule has 0 spiro atoms. The van der Waals surface area contributed by atoms with Gasteiger partial charge in [-0.3, -0.25) is 9.69 Å². The van der Waals surface area contributed by atoms with Crippen molar-refractivity contribution in [2.75, 3.05) is 13.1 Å². The lowest BCUT2D eigenvalue weighted by atomic mass is 10.1. The lowest BCUT2D eigenvalue weighted by molar-refractivity contribution is -0.120. The molecular formula is C23H27N3O. The van der Waals surface area contributed by atoms with E-state index in [1.807, 2.05) is 25.1 Å². The molecule has 2 N–H and O–H groups in total. The van der Waals surface area contributed by atoms with Crippen LogP contribution in [0.3, 0.4) is 0 Å². The van der Waals surface area contributed by atoms with Crippen LogP contribution in [0.15, 0.2) is 48.5 Å². The number of fused-ring (bicyclic) bond motifs is 1. The molecule has 2 aromatic carbocycles. The van der Waals surface area contributed by atoms with E-state index in [4.69, 9.17) is 0 Å². The Hall–Kier alpha value is -2.59. The van der Waals surface area contributed by atoms with Gasteiger partial charge >= 0.3 is 0 Å². The van der Waals surface area contributed by atoms with Crippen molar-refractivity contribution in [3.8, 4) is 0 Å². The van der Waals surface area contributed by atoms with Gasteiger partial charge in [0.15, 0.2) is 0 Å². The topological polar surface area (TPSA) is 48.1 Å². The standard InChI is InChI=1S/C23H27N3O/c1-17-21(20-6-2-3-7-22(20)25-17)14-23(27)24-15-18-8-10-19(11-9-18)16-26-12-4-5-13-26/h2-3,6-11,25H,4-5,12-16H2,1H3,(H,24,27). The molecule has 1 aliphatic heterocycles. The number of para-hydroxylation sites is 1. The second-order valence-electron chi connectivity index (χ2n) is 7.53. The third-order valence-corrected chi connectivity index (χ3v) is 5.48. The number of nitrogens with one attached hydrogen (secondary N) is 2. The number of H-pyrrole nitrogens is 1. The van der Waals surface area contributed by atoms with Crippen LogP contribution in [0.5, 0.6) is 0 Å². The number of carbonyl (C=O) groups excluding carboxylic acids is 1. The quantitative estimate of drug-likeness (QED) is 0.699. The lowest BCUT2D eigenvalue weighted by Crippen LogP contribution is -2.24. The van der Waals surface area contributed by atoms with Crippen LogP contribution < -0.4 is 5.32 Å². The lowest BCUT2D eigenvalue weighted by Gasteiger charge is -2.14. The Morgan fingerprint density at radius 3 is 2.52 bits per heavy atom. The summed E-state index contributed by atoms with van der Waals surface area (Å²) in [4.78, 5) is 18.3. The highest BCUT2D eigenvalue weighted by atomic mass is 16.1. The van der Waals surface area contributed by atoms with Crippen molar-refractivity contribution in [3.63, 3.8) is 0 Å². The van der Waals surface area contributed by atoms with Crippen molar-refractivity contribution in [2.24, 2.45) is 0 Å². The average molecular weight is 361 g/mol. The predicted octanol–water partition coefficient (Wildman–Crippen LogP) is 3.93. The second kappa shape index (κ2) is 7.97. The SMILES string of the molecule is Cc1[nH]c2ccccc2c1CC(=O)NCc1ccc(CN2CCCC2)cc1. The zero-order valence-electron chi connectivity index (χ0n) is 15.9. The van der Waals surface area contributed by atoms with E-state index in [1.165, 1.54) is 31.5 Å². The van der Waals surface area contributed by atoms with Crippen molar-refractivity contribution in [3.05, 3.63) is 70.9 Å². The molecule has 4 nitrogen and oxygen atoms in total. The number of hydrogen-bond acceptors (Lipinski definition) is 2. The first-order valence-electron chi connectivity index (χ1n) is 9.82. The number of carbonyl (C=O) groups is 1. The summed E-state index contributed by atoms with van der Waals surface area (Å²) in [5.74, 6) is 0.0593. The fourth-order valence-corrected chi connectivity index (χ4v) is 3.95. The van der Waals surface area contributed by atoms with Crippen LogP contribution in [0.25, 0.3) is 10.9 Å². The van der Waals surface area contributed by atoms with Crippen LogP contribution in [0.1, 0.15) is 35.2 Å². The molecule has 3 aromatic rings. The summed E-state index contributed by atoms with van der Waals surface area (Å²) in [5, 5.41) is 4.19. The van der Waals surface area contributed by atoms with Gasteiger partial charge in [-0.1, -0.05) is 42.5 Å². The fourth-order valence-electron chi connectivity index (χ4n) is 3.95. The molecule has 0 bridgehead atoms. The van der Waals surface area contributed by atoms with Crippen LogP contribution in [0, 0.1) is 6.92 Å². The number of likely N-dealkylation sites (tertiary alicyclic amines) is 1. The molecule has 1 fully saturated rings. The molecule has 0 unspecified atom stereocenters. The molecule has 1 aromatic heterocycles. The number of rotatable bonds is 6. The van der Waals surface area contributed by atoms with E-state index in [9.17, 15) is 4.79 Å². The van der Waals surface area contributed by atoms with E-state index in [0.29, 0.717) is 13.0 Å². The third kappa shape index (κ3) is 4.22. The summed E-state index contributed by atoms with van der Waals surface area (Å²) in [6.07, 6.45) is 3.04. The highest BCUT2D eigenvalue weighted by molar-refractivity contribution is 5.90. The maximum Gasteiger partial charge on any atom is 0.224 e. The summed E-state index contributed by atoms with van der Waals surface area (Å²) in [7, 11) is 0. The van der Waals surface area contributed by atoms with Gasteiger partial charge in [0.2, 0.25) is 5.91 Å². The molecule has 0 saturated carbocycles. The first-order valence-corrected chi connectivity index (χ1v) is 9.82. The molecular weight excluding hydrogens is 334 g/mol. The number of aromatic amines is 1. The first-order chi connectivity index (χ1) is 13.2. The van der Waals surface area contributed by atoms with Gasteiger partial charge in [0, 0.05) is 29.7 Å². The zero-order valence-corrected chi connectivity index (χ0v) is 15.9. The largest absolute Gasteiger partial charge is 0.358 e. The Balaban J connectivity index is 1.32. The molecule has 1 saturated heterocycles. The number of hydrogen-bond donors (Lipinski definition) is 2. The number of aryl methyl sites for hydroxylation is 1. The van der Waals surface area contributed by atoms with Crippen LogP contribution in [-0.4, -0.2) is 28.9 Å². The number of aromatic nitrogens is 1.